The third-order valence-corrected chi connectivity index (χ3v) is 3.41. The molecular weight excluding hydrogens is 262 g/mol. The molecular formula is C17H23N3O. The zero-order valence-electron chi connectivity index (χ0n) is 13.4. The van der Waals surface area contributed by atoms with Gasteiger partial charge in [0.25, 0.3) is 0 Å². The van der Waals surface area contributed by atoms with Gasteiger partial charge >= 0.3 is 0 Å². The standard InChI is InChI=1S/C17H23N3O/c1-6-7-18-17-19-13(4)10-15(20-17)14-8-12(3)16(21-5)9-11(14)2/h8-10H,6-7H2,1-5H3,(H,18,19,20). The summed E-state index contributed by atoms with van der Waals surface area (Å²) in [4.78, 5) is 9.07. The van der Waals surface area contributed by atoms with E-state index in [0.29, 0.717) is 5.95 Å². The first kappa shape index (κ1) is 15.3. The van der Waals surface area contributed by atoms with E-state index < -0.39 is 0 Å². The highest BCUT2D eigenvalue weighted by molar-refractivity contribution is 5.67. The van der Waals surface area contributed by atoms with Crippen molar-refractivity contribution in [1.29, 1.82) is 0 Å². The van der Waals surface area contributed by atoms with E-state index in [9.17, 15) is 0 Å². The third kappa shape index (κ3) is 3.51. The summed E-state index contributed by atoms with van der Waals surface area (Å²) in [5.41, 5.74) is 5.30. The zero-order chi connectivity index (χ0) is 15.4. The fourth-order valence-corrected chi connectivity index (χ4v) is 2.31. The highest BCUT2D eigenvalue weighted by Gasteiger charge is 2.10. The second-order valence-corrected chi connectivity index (χ2v) is 5.28. The molecule has 1 N–H and O–H groups in total. The topological polar surface area (TPSA) is 47.0 Å². The molecule has 1 aromatic carbocycles. The number of methoxy groups -OCH3 is 1. The van der Waals surface area contributed by atoms with Crippen molar-refractivity contribution < 1.29 is 4.74 Å². The number of benzene rings is 1. The quantitative estimate of drug-likeness (QED) is 0.905. The molecule has 1 aromatic heterocycles. The van der Waals surface area contributed by atoms with Gasteiger partial charge in [-0.3, -0.25) is 0 Å². The van der Waals surface area contributed by atoms with Crippen molar-refractivity contribution in [3.8, 4) is 17.0 Å². The first-order valence-corrected chi connectivity index (χ1v) is 7.30. The number of aryl methyl sites for hydroxylation is 3. The molecule has 1 heterocycles. The minimum absolute atomic E-state index is 0.694. The van der Waals surface area contributed by atoms with E-state index in [-0.39, 0.29) is 0 Å². The summed E-state index contributed by atoms with van der Waals surface area (Å²) in [7, 11) is 1.70. The summed E-state index contributed by atoms with van der Waals surface area (Å²) >= 11 is 0. The first-order valence-electron chi connectivity index (χ1n) is 7.30. The fourth-order valence-electron chi connectivity index (χ4n) is 2.31. The molecule has 0 saturated carbocycles. The molecule has 0 aliphatic heterocycles. The van der Waals surface area contributed by atoms with Gasteiger partial charge in [-0.1, -0.05) is 6.92 Å². The van der Waals surface area contributed by atoms with Crippen LogP contribution in [-0.2, 0) is 0 Å². The molecule has 2 rings (SSSR count). The number of rotatable bonds is 5. The average molecular weight is 285 g/mol. The van der Waals surface area contributed by atoms with E-state index in [1.165, 1.54) is 0 Å². The second-order valence-electron chi connectivity index (χ2n) is 5.28. The van der Waals surface area contributed by atoms with Crippen LogP contribution in [0.3, 0.4) is 0 Å². The number of hydrogen-bond acceptors (Lipinski definition) is 4. The van der Waals surface area contributed by atoms with Gasteiger partial charge in [0.2, 0.25) is 5.95 Å². The molecule has 0 bridgehead atoms. The van der Waals surface area contributed by atoms with Gasteiger partial charge in [0, 0.05) is 17.8 Å². The molecule has 0 atom stereocenters. The van der Waals surface area contributed by atoms with Crippen molar-refractivity contribution in [3.63, 3.8) is 0 Å². The normalized spacial score (nSPS) is 10.5. The summed E-state index contributed by atoms with van der Waals surface area (Å²) in [6.45, 7) is 9.12. The Kier molecular flexibility index (Phi) is 4.78. The summed E-state index contributed by atoms with van der Waals surface area (Å²) < 4.78 is 5.37. The van der Waals surface area contributed by atoms with E-state index in [2.05, 4.69) is 41.3 Å². The summed E-state index contributed by atoms with van der Waals surface area (Å²) in [6.07, 6.45) is 1.05. The molecule has 4 nitrogen and oxygen atoms in total. The molecule has 0 unspecified atom stereocenters. The van der Waals surface area contributed by atoms with Crippen molar-refractivity contribution in [2.24, 2.45) is 0 Å². The van der Waals surface area contributed by atoms with Gasteiger partial charge in [-0.15, -0.1) is 0 Å². The Labute approximate surface area is 126 Å². The molecule has 4 heteroatoms. The van der Waals surface area contributed by atoms with Gasteiger partial charge in [-0.25, -0.2) is 9.97 Å². The van der Waals surface area contributed by atoms with Crippen LogP contribution in [0.25, 0.3) is 11.3 Å². The molecule has 2 aromatic rings. The van der Waals surface area contributed by atoms with Crippen molar-refractivity contribution >= 4 is 5.95 Å². The van der Waals surface area contributed by atoms with Gasteiger partial charge in [0.05, 0.1) is 12.8 Å². The lowest BCUT2D eigenvalue weighted by molar-refractivity contribution is 0.411. The van der Waals surface area contributed by atoms with E-state index in [4.69, 9.17) is 4.74 Å². The number of hydrogen-bond donors (Lipinski definition) is 1. The lowest BCUT2D eigenvalue weighted by atomic mass is 10.0. The average Bonchev–Trinajstić information content (AvgIpc) is 2.46. The monoisotopic (exact) mass is 285 g/mol. The maximum Gasteiger partial charge on any atom is 0.223 e. The number of ether oxygens (including phenoxy) is 1. The van der Waals surface area contributed by atoms with Crippen molar-refractivity contribution in [2.75, 3.05) is 19.0 Å². The van der Waals surface area contributed by atoms with Gasteiger partial charge in [-0.05, 0) is 56.5 Å². The minimum atomic E-state index is 0.694. The highest BCUT2D eigenvalue weighted by Crippen LogP contribution is 2.29. The Morgan fingerprint density at radius 2 is 1.81 bits per heavy atom. The first-order chi connectivity index (χ1) is 10.0. The van der Waals surface area contributed by atoms with Crippen molar-refractivity contribution in [1.82, 2.24) is 9.97 Å². The van der Waals surface area contributed by atoms with Gasteiger partial charge in [-0.2, -0.15) is 0 Å². The van der Waals surface area contributed by atoms with Crippen LogP contribution in [0, 0.1) is 20.8 Å². The summed E-state index contributed by atoms with van der Waals surface area (Å²) in [6, 6.07) is 6.20. The van der Waals surface area contributed by atoms with Crippen LogP contribution >= 0.6 is 0 Å². The molecule has 0 aliphatic carbocycles. The van der Waals surface area contributed by atoms with E-state index >= 15 is 0 Å². The largest absolute Gasteiger partial charge is 0.496 e. The highest BCUT2D eigenvalue weighted by atomic mass is 16.5. The van der Waals surface area contributed by atoms with Gasteiger partial charge < -0.3 is 10.1 Å². The van der Waals surface area contributed by atoms with Crippen molar-refractivity contribution in [2.45, 2.75) is 34.1 Å². The number of anilines is 1. The zero-order valence-corrected chi connectivity index (χ0v) is 13.4. The molecule has 21 heavy (non-hydrogen) atoms. The molecule has 0 amide bonds. The molecule has 112 valence electrons. The fraction of sp³-hybridized carbons (Fsp3) is 0.412. The Balaban J connectivity index is 2.46. The molecule has 0 saturated heterocycles. The Bertz CT molecular complexity index is 638. The van der Waals surface area contributed by atoms with Gasteiger partial charge in [0.1, 0.15) is 5.75 Å². The van der Waals surface area contributed by atoms with Crippen LogP contribution in [0.2, 0.25) is 0 Å². The third-order valence-electron chi connectivity index (χ3n) is 3.41. The minimum Gasteiger partial charge on any atom is -0.496 e. The number of nitrogens with zero attached hydrogens (tertiary/aromatic N) is 2. The van der Waals surface area contributed by atoms with Crippen LogP contribution in [0.5, 0.6) is 5.75 Å². The smallest absolute Gasteiger partial charge is 0.223 e. The SMILES string of the molecule is CCCNc1nc(C)cc(-c2cc(C)c(OC)cc2C)n1. The molecule has 0 spiro atoms. The lowest BCUT2D eigenvalue weighted by Crippen LogP contribution is -2.06. The maximum atomic E-state index is 5.37. The van der Waals surface area contributed by atoms with Crippen LogP contribution in [-0.4, -0.2) is 23.6 Å². The van der Waals surface area contributed by atoms with Crippen LogP contribution < -0.4 is 10.1 Å². The predicted molar refractivity (Wildman–Crippen MR) is 87.0 cm³/mol. The maximum absolute atomic E-state index is 5.37. The summed E-state index contributed by atoms with van der Waals surface area (Å²) in [5.74, 6) is 1.60. The molecule has 0 radical (unpaired) electrons. The molecule has 0 aliphatic rings. The van der Waals surface area contributed by atoms with Crippen LogP contribution in [0.15, 0.2) is 18.2 Å². The van der Waals surface area contributed by atoms with E-state index in [0.717, 1.165) is 46.8 Å². The van der Waals surface area contributed by atoms with Crippen LogP contribution in [0.1, 0.15) is 30.2 Å². The Morgan fingerprint density at radius 1 is 1.05 bits per heavy atom. The lowest BCUT2D eigenvalue weighted by Gasteiger charge is -2.12. The van der Waals surface area contributed by atoms with E-state index in [1.807, 2.05) is 19.9 Å². The predicted octanol–water partition coefficient (Wildman–Crippen LogP) is 3.90. The summed E-state index contributed by atoms with van der Waals surface area (Å²) in [5, 5.41) is 3.26. The Hall–Kier alpha value is -2.10. The number of nitrogens with one attached hydrogen (secondary N) is 1. The van der Waals surface area contributed by atoms with Crippen LogP contribution in [0.4, 0.5) is 5.95 Å². The Morgan fingerprint density at radius 3 is 2.48 bits per heavy atom. The molecule has 0 fully saturated rings. The van der Waals surface area contributed by atoms with Gasteiger partial charge in [0.15, 0.2) is 0 Å². The van der Waals surface area contributed by atoms with Crippen molar-refractivity contribution in [3.05, 3.63) is 35.0 Å². The number of aromatic nitrogens is 2. The second kappa shape index (κ2) is 6.57. The van der Waals surface area contributed by atoms with E-state index in [1.54, 1.807) is 7.11 Å².